The van der Waals surface area contributed by atoms with E-state index in [4.69, 9.17) is 0 Å². The van der Waals surface area contributed by atoms with E-state index >= 15 is 0 Å². The summed E-state index contributed by atoms with van der Waals surface area (Å²) < 4.78 is 39.6. The smallest absolute Gasteiger partial charge is 0.359 e. The second-order valence-corrected chi connectivity index (χ2v) is 4.61. The summed E-state index contributed by atoms with van der Waals surface area (Å²) in [6, 6.07) is 0. The number of rotatable bonds is 6. The van der Waals surface area contributed by atoms with Gasteiger partial charge in [0.25, 0.3) is 0 Å². The minimum atomic E-state index is -4.46. The summed E-state index contributed by atoms with van der Waals surface area (Å²) in [4.78, 5) is 3.34. The van der Waals surface area contributed by atoms with Crippen LogP contribution in [0, 0.1) is 0 Å². The highest BCUT2D eigenvalue weighted by molar-refractivity contribution is 7.99. The first-order valence-electron chi connectivity index (χ1n) is 4.37. The Balaban J connectivity index is 2.32. The molecule has 16 heavy (non-hydrogen) atoms. The van der Waals surface area contributed by atoms with E-state index < -0.39 is 12.0 Å². The summed E-state index contributed by atoms with van der Waals surface area (Å²) in [5, 5.41) is 2.99. The Labute approximate surface area is 99.3 Å². The van der Waals surface area contributed by atoms with Crippen molar-refractivity contribution in [3.8, 4) is 0 Å². The van der Waals surface area contributed by atoms with Crippen molar-refractivity contribution in [1.29, 1.82) is 0 Å². The number of aromatic nitrogens is 2. The van der Waals surface area contributed by atoms with Crippen molar-refractivity contribution in [1.82, 2.24) is 9.36 Å². The lowest BCUT2D eigenvalue weighted by Gasteiger charge is -2.00. The highest BCUT2D eigenvalue weighted by Gasteiger charge is 2.35. The minimum Gasteiger partial charge on any atom is -0.359 e. The third-order valence-corrected chi connectivity index (χ3v) is 3.07. The molecule has 1 heterocycles. The second-order valence-electron chi connectivity index (χ2n) is 2.71. The number of nitrogens with zero attached hydrogens (tertiary/aromatic N) is 2. The fourth-order valence-corrected chi connectivity index (χ4v) is 2.00. The monoisotopic (exact) mass is 269 g/mol. The average Bonchev–Trinajstić information content (AvgIpc) is 2.65. The van der Waals surface area contributed by atoms with Gasteiger partial charge in [-0.25, -0.2) is 0 Å². The first-order valence-corrected chi connectivity index (χ1v) is 6.30. The van der Waals surface area contributed by atoms with E-state index in [0.717, 1.165) is 23.0 Å². The average molecular weight is 269 g/mol. The van der Waals surface area contributed by atoms with Crippen LogP contribution in [0.1, 0.15) is 5.82 Å². The van der Waals surface area contributed by atoms with E-state index in [1.165, 1.54) is 0 Å². The van der Waals surface area contributed by atoms with Gasteiger partial charge < -0.3 is 5.32 Å². The van der Waals surface area contributed by atoms with Crippen molar-refractivity contribution in [3.05, 3.63) is 18.5 Å². The zero-order valence-electron chi connectivity index (χ0n) is 8.25. The van der Waals surface area contributed by atoms with E-state index in [1.807, 2.05) is 0 Å². The minimum absolute atomic E-state index is 0.200. The summed E-state index contributed by atoms with van der Waals surface area (Å²) in [5.41, 5.74) is 0. The van der Waals surface area contributed by atoms with E-state index in [9.17, 15) is 13.2 Å². The van der Waals surface area contributed by atoms with Gasteiger partial charge in [0, 0.05) is 29.6 Å². The zero-order valence-corrected chi connectivity index (χ0v) is 9.88. The maximum absolute atomic E-state index is 12.1. The molecule has 1 aromatic heterocycles. The molecule has 0 fully saturated rings. The second kappa shape index (κ2) is 6.09. The standard InChI is InChI=1S/C8H10F3N3S2/c1-2-4-15-5-3-12-7-13-6(14-16-7)8(9,10)11/h2H,1,3-5H2,(H,12,13,14). The summed E-state index contributed by atoms with van der Waals surface area (Å²) in [5.74, 6) is 0.525. The molecule has 0 aliphatic rings. The number of anilines is 1. The van der Waals surface area contributed by atoms with Gasteiger partial charge in [0.1, 0.15) is 0 Å². The van der Waals surface area contributed by atoms with Crippen molar-refractivity contribution in [2.45, 2.75) is 6.18 Å². The first kappa shape index (κ1) is 13.3. The largest absolute Gasteiger partial charge is 0.452 e. The Hall–Kier alpha value is -0.760. The van der Waals surface area contributed by atoms with Gasteiger partial charge in [-0.3, -0.25) is 0 Å². The van der Waals surface area contributed by atoms with Crippen molar-refractivity contribution >= 4 is 28.4 Å². The third-order valence-electron chi connectivity index (χ3n) is 1.44. The number of halogens is 3. The van der Waals surface area contributed by atoms with Crippen LogP contribution in [0.25, 0.3) is 0 Å². The van der Waals surface area contributed by atoms with Crippen molar-refractivity contribution in [2.24, 2.45) is 0 Å². The molecular formula is C8H10F3N3S2. The number of thioether (sulfide) groups is 1. The van der Waals surface area contributed by atoms with E-state index in [1.54, 1.807) is 17.8 Å². The Kier molecular flexibility index (Phi) is 5.07. The van der Waals surface area contributed by atoms with E-state index in [2.05, 4.69) is 21.3 Å². The lowest BCUT2D eigenvalue weighted by Crippen LogP contribution is -2.08. The SMILES string of the molecule is C=CCSCCNc1nc(C(F)(F)F)ns1. The first-order chi connectivity index (χ1) is 7.54. The van der Waals surface area contributed by atoms with Gasteiger partial charge in [-0.05, 0) is 0 Å². The molecule has 0 amide bonds. The maximum Gasteiger partial charge on any atom is 0.452 e. The summed E-state index contributed by atoms with van der Waals surface area (Å²) in [6.45, 7) is 4.12. The van der Waals surface area contributed by atoms with Crippen LogP contribution in [0.2, 0.25) is 0 Å². The molecule has 0 saturated carbocycles. The fraction of sp³-hybridized carbons (Fsp3) is 0.500. The predicted molar refractivity (Wildman–Crippen MR) is 60.9 cm³/mol. The molecule has 8 heteroatoms. The molecule has 0 aliphatic carbocycles. The van der Waals surface area contributed by atoms with Gasteiger partial charge in [0.15, 0.2) is 0 Å². The Morgan fingerprint density at radius 1 is 1.50 bits per heavy atom. The topological polar surface area (TPSA) is 37.8 Å². The van der Waals surface area contributed by atoms with Gasteiger partial charge >= 0.3 is 6.18 Å². The van der Waals surface area contributed by atoms with Crippen LogP contribution >= 0.6 is 23.3 Å². The predicted octanol–water partition coefficient (Wildman–Crippen LogP) is 2.89. The normalized spacial score (nSPS) is 11.4. The highest BCUT2D eigenvalue weighted by Crippen LogP contribution is 2.28. The highest BCUT2D eigenvalue weighted by atomic mass is 32.2. The zero-order chi connectivity index (χ0) is 12.0. The number of alkyl halides is 3. The molecule has 1 aromatic rings. The molecule has 0 saturated heterocycles. The molecule has 1 N–H and O–H groups in total. The number of hydrogen-bond acceptors (Lipinski definition) is 5. The van der Waals surface area contributed by atoms with Gasteiger partial charge in [-0.2, -0.15) is 34.3 Å². The molecule has 0 atom stereocenters. The lowest BCUT2D eigenvalue weighted by atomic mass is 10.6. The molecule has 3 nitrogen and oxygen atoms in total. The van der Waals surface area contributed by atoms with E-state index in [-0.39, 0.29) is 5.13 Å². The Morgan fingerprint density at radius 2 is 2.25 bits per heavy atom. The maximum atomic E-state index is 12.1. The van der Waals surface area contributed by atoms with Gasteiger partial charge in [-0.15, -0.1) is 6.58 Å². The summed E-state index contributed by atoms with van der Waals surface area (Å²) in [6.07, 6.45) is -2.69. The third kappa shape index (κ3) is 4.40. The quantitative estimate of drug-likeness (QED) is 0.636. The summed E-state index contributed by atoms with van der Waals surface area (Å²) in [7, 11) is 0. The van der Waals surface area contributed by atoms with Crippen LogP contribution < -0.4 is 5.32 Å². The van der Waals surface area contributed by atoms with Crippen molar-refractivity contribution in [2.75, 3.05) is 23.4 Å². The molecule has 0 aliphatic heterocycles. The van der Waals surface area contributed by atoms with Crippen molar-refractivity contribution < 1.29 is 13.2 Å². The van der Waals surface area contributed by atoms with Crippen LogP contribution in [0.5, 0.6) is 0 Å². The molecule has 0 aromatic carbocycles. The molecule has 0 spiro atoms. The van der Waals surface area contributed by atoms with Crippen molar-refractivity contribution in [3.63, 3.8) is 0 Å². The summed E-state index contributed by atoms with van der Waals surface area (Å²) >= 11 is 2.36. The van der Waals surface area contributed by atoms with Crippen LogP contribution in [-0.4, -0.2) is 27.4 Å². The molecule has 0 radical (unpaired) electrons. The van der Waals surface area contributed by atoms with Gasteiger partial charge in [0.05, 0.1) is 0 Å². The molecule has 0 unspecified atom stereocenters. The molecule has 0 bridgehead atoms. The number of hydrogen-bond donors (Lipinski definition) is 1. The van der Waals surface area contributed by atoms with Crippen LogP contribution in [-0.2, 0) is 6.18 Å². The fourth-order valence-electron chi connectivity index (χ4n) is 0.807. The molecule has 1 rings (SSSR count). The Bertz CT molecular complexity index is 338. The van der Waals surface area contributed by atoms with Crippen LogP contribution in [0.15, 0.2) is 12.7 Å². The lowest BCUT2D eigenvalue weighted by molar-refractivity contribution is -0.144. The molecular weight excluding hydrogens is 259 g/mol. The van der Waals surface area contributed by atoms with Gasteiger partial charge in [0.2, 0.25) is 11.0 Å². The molecule has 90 valence electrons. The van der Waals surface area contributed by atoms with E-state index in [0.29, 0.717) is 6.54 Å². The van der Waals surface area contributed by atoms with Gasteiger partial charge in [-0.1, -0.05) is 6.08 Å². The Morgan fingerprint density at radius 3 is 2.81 bits per heavy atom. The number of nitrogens with one attached hydrogen (secondary N) is 1. The van der Waals surface area contributed by atoms with Crippen LogP contribution in [0.4, 0.5) is 18.3 Å². The van der Waals surface area contributed by atoms with Crippen LogP contribution in [0.3, 0.4) is 0 Å².